The number of ether oxygens (including phenoxy) is 1. The number of nitrogens with zero attached hydrogens (tertiary/aromatic N) is 1. The summed E-state index contributed by atoms with van der Waals surface area (Å²) in [5.74, 6) is 0.872. The van der Waals surface area contributed by atoms with E-state index < -0.39 is 0 Å². The molecule has 2 aromatic rings. The maximum atomic E-state index is 5.24. The molecule has 0 saturated carbocycles. The third kappa shape index (κ3) is 3.99. The number of benzene rings is 1. The Morgan fingerprint density at radius 2 is 2.15 bits per heavy atom. The van der Waals surface area contributed by atoms with Crippen LogP contribution in [0.5, 0.6) is 5.75 Å². The average Bonchev–Trinajstić information content (AvgIpc) is 2.48. The van der Waals surface area contributed by atoms with Gasteiger partial charge in [-0.05, 0) is 42.8 Å². The predicted molar refractivity (Wildman–Crippen MR) is 83.5 cm³/mol. The molecule has 0 radical (unpaired) electrons. The molecule has 0 unspecified atom stereocenters. The van der Waals surface area contributed by atoms with Crippen molar-refractivity contribution >= 4 is 11.8 Å². The topological polar surface area (TPSA) is 34.2 Å². The van der Waals surface area contributed by atoms with Gasteiger partial charge in [-0.25, -0.2) is 4.98 Å². The molecule has 0 atom stereocenters. The van der Waals surface area contributed by atoms with Crippen molar-refractivity contribution in [1.82, 2.24) is 10.3 Å². The third-order valence-electron chi connectivity index (χ3n) is 2.92. The Balaban J connectivity index is 2.12. The van der Waals surface area contributed by atoms with Crippen molar-refractivity contribution in [3.8, 4) is 5.75 Å². The normalized spacial score (nSPS) is 10.6. The first kappa shape index (κ1) is 14.9. The van der Waals surface area contributed by atoms with Crippen LogP contribution in [0.3, 0.4) is 0 Å². The van der Waals surface area contributed by atoms with Crippen LogP contribution in [0.1, 0.15) is 18.1 Å². The molecule has 1 aromatic carbocycles. The number of aryl methyl sites for hydroxylation is 1. The first-order valence-corrected chi connectivity index (χ1v) is 7.52. The number of hydrogen-bond donors (Lipinski definition) is 1. The summed E-state index contributed by atoms with van der Waals surface area (Å²) in [6.07, 6.45) is 1.94. The van der Waals surface area contributed by atoms with Gasteiger partial charge in [-0.3, -0.25) is 0 Å². The smallest absolute Gasteiger partial charge is 0.119 e. The summed E-state index contributed by atoms with van der Waals surface area (Å²) in [6.45, 7) is 6.05. The highest BCUT2D eigenvalue weighted by atomic mass is 32.2. The van der Waals surface area contributed by atoms with Gasteiger partial charge in [0.1, 0.15) is 10.8 Å². The second kappa shape index (κ2) is 7.31. The van der Waals surface area contributed by atoms with Gasteiger partial charge in [0.05, 0.1) is 7.11 Å². The molecule has 1 aromatic heterocycles. The lowest BCUT2D eigenvalue weighted by molar-refractivity contribution is 0.413. The van der Waals surface area contributed by atoms with Crippen molar-refractivity contribution in [2.75, 3.05) is 13.7 Å². The van der Waals surface area contributed by atoms with Gasteiger partial charge in [-0.15, -0.1) is 0 Å². The largest absolute Gasteiger partial charge is 0.497 e. The number of rotatable bonds is 6. The van der Waals surface area contributed by atoms with Gasteiger partial charge < -0.3 is 10.1 Å². The maximum absolute atomic E-state index is 5.24. The lowest BCUT2D eigenvalue weighted by atomic mass is 10.2. The quantitative estimate of drug-likeness (QED) is 0.879. The molecule has 0 amide bonds. The Morgan fingerprint density at radius 3 is 2.85 bits per heavy atom. The fourth-order valence-corrected chi connectivity index (χ4v) is 2.74. The van der Waals surface area contributed by atoms with Crippen LogP contribution in [0.2, 0.25) is 0 Å². The average molecular weight is 288 g/mol. The number of aromatic nitrogens is 1. The Labute approximate surface area is 124 Å². The molecule has 0 aliphatic carbocycles. The standard InChI is InChI=1S/C16H20N2OS/c1-4-17-10-13-8-12(2)16(18-11-13)20-15-7-5-6-14(9-15)19-3/h5-9,11,17H,4,10H2,1-3H3. The summed E-state index contributed by atoms with van der Waals surface area (Å²) >= 11 is 1.66. The lowest BCUT2D eigenvalue weighted by Gasteiger charge is -2.08. The van der Waals surface area contributed by atoms with Crippen LogP contribution in [-0.4, -0.2) is 18.6 Å². The van der Waals surface area contributed by atoms with Crippen molar-refractivity contribution in [3.05, 3.63) is 47.7 Å². The van der Waals surface area contributed by atoms with E-state index in [-0.39, 0.29) is 0 Å². The molecule has 1 N–H and O–H groups in total. The maximum Gasteiger partial charge on any atom is 0.119 e. The van der Waals surface area contributed by atoms with Crippen LogP contribution in [0, 0.1) is 6.92 Å². The molecule has 0 saturated heterocycles. The predicted octanol–water partition coefficient (Wildman–Crippen LogP) is 3.66. The van der Waals surface area contributed by atoms with E-state index in [1.54, 1.807) is 18.9 Å². The zero-order chi connectivity index (χ0) is 14.4. The van der Waals surface area contributed by atoms with Gasteiger partial charge in [0, 0.05) is 17.6 Å². The summed E-state index contributed by atoms with van der Waals surface area (Å²) in [4.78, 5) is 5.70. The summed E-state index contributed by atoms with van der Waals surface area (Å²) in [6, 6.07) is 10.2. The van der Waals surface area contributed by atoms with Crippen molar-refractivity contribution in [3.63, 3.8) is 0 Å². The number of nitrogens with one attached hydrogen (secondary N) is 1. The lowest BCUT2D eigenvalue weighted by Crippen LogP contribution is -2.12. The Bertz CT molecular complexity index is 572. The fourth-order valence-electron chi connectivity index (χ4n) is 1.87. The Kier molecular flexibility index (Phi) is 5.44. The number of hydrogen-bond acceptors (Lipinski definition) is 4. The molecule has 0 spiro atoms. The van der Waals surface area contributed by atoms with Crippen LogP contribution in [0.25, 0.3) is 0 Å². The van der Waals surface area contributed by atoms with E-state index in [0.29, 0.717) is 0 Å². The van der Waals surface area contributed by atoms with E-state index in [1.807, 2.05) is 24.4 Å². The number of pyridine rings is 1. The SMILES string of the molecule is CCNCc1cnc(Sc2cccc(OC)c2)c(C)c1. The summed E-state index contributed by atoms with van der Waals surface area (Å²) < 4.78 is 5.24. The van der Waals surface area contributed by atoms with Crippen LogP contribution in [0.4, 0.5) is 0 Å². The van der Waals surface area contributed by atoms with Crippen molar-refractivity contribution in [2.45, 2.75) is 30.3 Å². The van der Waals surface area contributed by atoms with E-state index in [9.17, 15) is 0 Å². The second-order valence-corrected chi connectivity index (χ2v) is 5.59. The van der Waals surface area contributed by atoms with Gasteiger partial charge in [0.25, 0.3) is 0 Å². The summed E-state index contributed by atoms with van der Waals surface area (Å²) in [5.41, 5.74) is 2.42. The van der Waals surface area contributed by atoms with E-state index >= 15 is 0 Å². The first-order valence-electron chi connectivity index (χ1n) is 6.71. The minimum Gasteiger partial charge on any atom is -0.497 e. The van der Waals surface area contributed by atoms with Crippen LogP contribution >= 0.6 is 11.8 Å². The molecule has 0 fully saturated rings. The van der Waals surface area contributed by atoms with Crippen molar-refractivity contribution in [2.24, 2.45) is 0 Å². The van der Waals surface area contributed by atoms with Gasteiger partial charge >= 0.3 is 0 Å². The summed E-state index contributed by atoms with van der Waals surface area (Å²) in [7, 11) is 1.68. The highest BCUT2D eigenvalue weighted by molar-refractivity contribution is 7.99. The molecule has 1 heterocycles. The minimum absolute atomic E-state index is 0.869. The molecule has 0 aliphatic rings. The van der Waals surface area contributed by atoms with E-state index in [4.69, 9.17) is 4.74 Å². The van der Waals surface area contributed by atoms with Gasteiger partial charge in [-0.2, -0.15) is 0 Å². The minimum atomic E-state index is 0.869. The van der Waals surface area contributed by atoms with E-state index in [1.165, 1.54) is 11.1 Å². The highest BCUT2D eigenvalue weighted by Crippen LogP contribution is 2.30. The Morgan fingerprint density at radius 1 is 1.30 bits per heavy atom. The van der Waals surface area contributed by atoms with Gasteiger partial charge in [-0.1, -0.05) is 30.8 Å². The zero-order valence-electron chi connectivity index (χ0n) is 12.1. The zero-order valence-corrected chi connectivity index (χ0v) is 13.0. The van der Waals surface area contributed by atoms with Crippen LogP contribution in [-0.2, 0) is 6.54 Å². The molecule has 0 bridgehead atoms. The highest BCUT2D eigenvalue weighted by Gasteiger charge is 2.05. The Hall–Kier alpha value is -1.52. The van der Waals surface area contributed by atoms with Crippen LogP contribution in [0.15, 0.2) is 46.5 Å². The molecule has 106 valence electrons. The molecule has 2 rings (SSSR count). The molecule has 0 aliphatic heterocycles. The second-order valence-electron chi connectivity index (χ2n) is 4.53. The molecular formula is C16H20N2OS. The summed E-state index contributed by atoms with van der Waals surface area (Å²) in [5, 5.41) is 4.35. The number of methoxy groups -OCH3 is 1. The molecular weight excluding hydrogens is 268 g/mol. The third-order valence-corrected chi connectivity index (χ3v) is 4.03. The molecule has 3 nitrogen and oxygen atoms in total. The van der Waals surface area contributed by atoms with Crippen molar-refractivity contribution < 1.29 is 4.74 Å². The molecule has 20 heavy (non-hydrogen) atoms. The monoisotopic (exact) mass is 288 g/mol. The first-order chi connectivity index (χ1) is 9.72. The van der Waals surface area contributed by atoms with E-state index in [2.05, 4.69) is 36.3 Å². The van der Waals surface area contributed by atoms with Crippen LogP contribution < -0.4 is 10.1 Å². The van der Waals surface area contributed by atoms with E-state index in [0.717, 1.165) is 28.8 Å². The van der Waals surface area contributed by atoms with Crippen molar-refractivity contribution in [1.29, 1.82) is 0 Å². The van der Waals surface area contributed by atoms with Gasteiger partial charge in [0.2, 0.25) is 0 Å². The fraction of sp³-hybridized carbons (Fsp3) is 0.312. The van der Waals surface area contributed by atoms with Gasteiger partial charge in [0.15, 0.2) is 0 Å². The molecule has 4 heteroatoms.